The number of hydrogen-bond acceptors (Lipinski definition) is 4. The van der Waals surface area contributed by atoms with Crippen LogP contribution in [0.5, 0.6) is 5.75 Å². The number of halogens is 2. The number of rotatable bonds is 6. The third kappa shape index (κ3) is 5.05. The van der Waals surface area contributed by atoms with Gasteiger partial charge >= 0.3 is 12.6 Å². The summed E-state index contributed by atoms with van der Waals surface area (Å²) < 4.78 is 33.8. The highest BCUT2D eigenvalue weighted by Gasteiger charge is 2.13. The first-order valence-corrected chi connectivity index (χ1v) is 7.03. The average Bonchev–Trinajstić information content (AvgIpc) is 2.54. The summed E-state index contributed by atoms with van der Waals surface area (Å²) in [6, 6.07) is 12.4. The Labute approximate surface area is 137 Å². The Hall–Kier alpha value is -2.96. The molecule has 0 aliphatic rings. The van der Waals surface area contributed by atoms with E-state index in [1.54, 1.807) is 30.3 Å². The molecule has 5 nitrogen and oxygen atoms in total. The molecule has 2 rings (SSSR count). The van der Waals surface area contributed by atoms with E-state index < -0.39 is 25.1 Å². The molecule has 0 radical (unpaired) electrons. The second-order valence-electron chi connectivity index (χ2n) is 4.86. The summed E-state index contributed by atoms with van der Waals surface area (Å²) in [4.78, 5) is 23.6. The van der Waals surface area contributed by atoms with Gasteiger partial charge in [-0.1, -0.05) is 29.8 Å². The fourth-order valence-corrected chi connectivity index (χ4v) is 1.86. The standard InChI is InChI=1S/C17H15F2NO4/c1-11-6-8-12(9-7-11)16(22)23-10-15(21)20-13-4-2-3-5-14(13)24-17(18)19/h2-9,17H,10H2,1H3,(H,20,21). The molecule has 0 saturated carbocycles. The fourth-order valence-electron chi connectivity index (χ4n) is 1.86. The maximum Gasteiger partial charge on any atom is 0.387 e. The average molecular weight is 335 g/mol. The van der Waals surface area contributed by atoms with Crippen LogP contribution in [0.2, 0.25) is 0 Å². The van der Waals surface area contributed by atoms with Gasteiger partial charge < -0.3 is 14.8 Å². The summed E-state index contributed by atoms with van der Waals surface area (Å²) in [6.07, 6.45) is 0. The van der Waals surface area contributed by atoms with Gasteiger partial charge in [0.25, 0.3) is 5.91 Å². The molecule has 2 aromatic rings. The quantitative estimate of drug-likeness (QED) is 0.822. The minimum Gasteiger partial charge on any atom is -0.452 e. The summed E-state index contributed by atoms with van der Waals surface area (Å²) in [5.41, 5.74) is 1.36. The van der Waals surface area contributed by atoms with Crippen molar-refractivity contribution >= 4 is 17.6 Å². The zero-order chi connectivity index (χ0) is 17.5. The summed E-state index contributed by atoms with van der Waals surface area (Å²) in [5, 5.41) is 2.36. The Kier molecular flexibility index (Phi) is 5.83. The maximum atomic E-state index is 12.3. The van der Waals surface area contributed by atoms with E-state index in [-0.39, 0.29) is 11.4 Å². The van der Waals surface area contributed by atoms with Gasteiger partial charge in [0.2, 0.25) is 0 Å². The van der Waals surface area contributed by atoms with Crippen LogP contribution in [0.15, 0.2) is 48.5 Å². The second kappa shape index (κ2) is 8.05. The molecule has 0 fully saturated rings. The Morgan fingerprint density at radius 1 is 1.08 bits per heavy atom. The molecule has 2 aromatic carbocycles. The number of alkyl halides is 2. The third-order valence-corrected chi connectivity index (χ3v) is 3.00. The van der Waals surface area contributed by atoms with E-state index in [1.807, 2.05) is 6.92 Å². The minimum absolute atomic E-state index is 0.0641. The van der Waals surface area contributed by atoms with Crippen molar-refractivity contribution in [3.8, 4) is 5.75 Å². The lowest BCUT2D eigenvalue weighted by atomic mass is 10.1. The highest BCUT2D eigenvalue weighted by atomic mass is 19.3. The molecule has 0 aliphatic carbocycles. The van der Waals surface area contributed by atoms with Crippen molar-refractivity contribution in [3.05, 3.63) is 59.7 Å². The van der Waals surface area contributed by atoms with Crippen molar-refractivity contribution in [2.75, 3.05) is 11.9 Å². The first-order valence-electron chi connectivity index (χ1n) is 7.03. The van der Waals surface area contributed by atoms with Crippen LogP contribution in [0.1, 0.15) is 15.9 Å². The molecular weight excluding hydrogens is 320 g/mol. The second-order valence-corrected chi connectivity index (χ2v) is 4.86. The lowest BCUT2D eigenvalue weighted by Gasteiger charge is -2.11. The van der Waals surface area contributed by atoms with E-state index in [0.29, 0.717) is 5.56 Å². The van der Waals surface area contributed by atoms with Gasteiger partial charge in [-0.05, 0) is 31.2 Å². The topological polar surface area (TPSA) is 64.6 Å². The molecule has 1 amide bonds. The molecule has 0 unspecified atom stereocenters. The minimum atomic E-state index is -3.01. The highest BCUT2D eigenvalue weighted by Crippen LogP contribution is 2.25. The van der Waals surface area contributed by atoms with Gasteiger partial charge in [-0.2, -0.15) is 8.78 Å². The van der Waals surface area contributed by atoms with Crippen molar-refractivity contribution in [3.63, 3.8) is 0 Å². The number of esters is 1. The molecular formula is C17H15F2NO4. The number of ether oxygens (including phenoxy) is 2. The summed E-state index contributed by atoms with van der Waals surface area (Å²) in [7, 11) is 0. The monoisotopic (exact) mass is 335 g/mol. The predicted octanol–water partition coefficient (Wildman–Crippen LogP) is 3.39. The zero-order valence-corrected chi connectivity index (χ0v) is 12.8. The summed E-state index contributed by atoms with van der Waals surface area (Å²) >= 11 is 0. The Bertz CT molecular complexity index is 717. The van der Waals surface area contributed by atoms with E-state index in [9.17, 15) is 18.4 Å². The molecule has 0 aromatic heterocycles. The van der Waals surface area contributed by atoms with Gasteiger partial charge in [0.1, 0.15) is 5.75 Å². The first kappa shape index (κ1) is 17.4. The van der Waals surface area contributed by atoms with Crippen LogP contribution in [0.25, 0.3) is 0 Å². The van der Waals surface area contributed by atoms with Crippen molar-refractivity contribution < 1.29 is 27.8 Å². The Morgan fingerprint density at radius 3 is 2.42 bits per heavy atom. The number of para-hydroxylation sites is 2. The van der Waals surface area contributed by atoms with Crippen LogP contribution in [-0.2, 0) is 9.53 Å². The fraction of sp³-hybridized carbons (Fsp3) is 0.176. The number of aryl methyl sites for hydroxylation is 1. The van der Waals surface area contributed by atoms with Crippen LogP contribution in [0.3, 0.4) is 0 Å². The number of nitrogens with one attached hydrogen (secondary N) is 1. The van der Waals surface area contributed by atoms with E-state index in [1.165, 1.54) is 18.2 Å². The molecule has 0 atom stereocenters. The van der Waals surface area contributed by atoms with Crippen molar-refractivity contribution in [1.82, 2.24) is 0 Å². The van der Waals surface area contributed by atoms with Crippen molar-refractivity contribution in [2.24, 2.45) is 0 Å². The number of anilines is 1. The lowest BCUT2D eigenvalue weighted by molar-refractivity contribution is -0.119. The molecule has 0 bridgehead atoms. The predicted molar refractivity (Wildman–Crippen MR) is 83.2 cm³/mol. The molecule has 0 aliphatic heterocycles. The van der Waals surface area contributed by atoms with Crippen LogP contribution >= 0.6 is 0 Å². The van der Waals surface area contributed by atoms with E-state index >= 15 is 0 Å². The van der Waals surface area contributed by atoms with Crippen LogP contribution in [-0.4, -0.2) is 25.1 Å². The van der Waals surface area contributed by atoms with Gasteiger partial charge in [0, 0.05) is 0 Å². The first-order chi connectivity index (χ1) is 11.5. The molecule has 0 heterocycles. The van der Waals surface area contributed by atoms with Gasteiger partial charge in [0.05, 0.1) is 11.3 Å². The largest absolute Gasteiger partial charge is 0.452 e. The van der Waals surface area contributed by atoms with Crippen molar-refractivity contribution in [2.45, 2.75) is 13.5 Å². The van der Waals surface area contributed by atoms with Gasteiger partial charge in [0.15, 0.2) is 6.61 Å². The number of amides is 1. The van der Waals surface area contributed by atoms with E-state index in [4.69, 9.17) is 4.74 Å². The number of benzene rings is 2. The lowest BCUT2D eigenvalue weighted by Crippen LogP contribution is -2.21. The number of carbonyl (C=O) groups is 2. The molecule has 7 heteroatoms. The summed E-state index contributed by atoms with van der Waals surface area (Å²) in [6.45, 7) is -1.68. The van der Waals surface area contributed by atoms with Crippen LogP contribution < -0.4 is 10.1 Å². The third-order valence-electron chi connectivity index (χ3n) is 3.00. The zero-order valence-electron chi connectivity index (χ0n) is 12.8. The Balaban J connectivity index is 1.92. The van der Waals surface area contributed by atoms with Crippen molar-refractivity contribution in [1.29, 1.82) is 0 Å². The molecule has 126 valence electrons. The van der Waals surface area contributed by atoms with Gasteiger partial charge in [-0.15, -0.1) is 0 Å². The molecule has 1 N–H and O–H groups in total. The normalized spacial score (nSPS) is 10.3. The van der Waals surface area contributed by atoms with Crippen LogP contribution in [0.4, 0.5) is 14.5 Å². The van der Waals surface area contributed by atoms with E-state index in [2.05, 4.69) is 10.1 Å². The van der Waals surface area contributed by atoms with Gasteiger partial charge in [-0.25, -0.2) is 4.79 Å². The van der Waals surface area contributed by atoms with E-state index in [0.717, 1.165) is 5.56 Å². The summed E-state index contributed by atoms with van der Waals surface area (Å²) in [5.74, 6) is -1.49. The Morgan fingerprint density at radius 2 is 1.75 bits per heavy atom. The molecule has 0 spiro atoms. The molecule has 0 saturated heterocycles. The molecule has 24 heavy (non-hydrogen) atoms. The van der Waals surface area contributed by atoms with Gasteiger partial charge in [-0.3, -0.25) is 4.79 Å². The highest BCUT2D eigenvalue weighted by molar-refractivity contribution is 5.96. The van der Waals surface area contributed by atoms with Crippen LogP contribution in [0, 0.1) is 6.92 Å². The smallest absolute Gasteiger partial charge is 0.387 e. The maximum absolute atomic E-state index is 12.3. The SMILES string of the molecule is Cc1ccc(C(=O)OCC(=O)Nc2ccccc2OC(F)F)cc1. The number of hydrogen-bond donors (Lipinski definition) is 1. The number of carbonyl (C=O) groups excluding carboxylic acids is 2.